The molecule has 0 saturated carbocycles. The summed E-state index contributed by atoms with van der Waals surface area (Å²) in [6.07, 6.45) is 2.31. The lowest BCUT2D eigenvalue weighted by molar-refractivity contribution is 0.551. The van der Waals surface area contributed by atoms with Crippen LogP contribution < -0.4 is 10.2 Å². The molecule has 0 amide bonds. The first-order valence-electron chi connectivity index (χ1n) is 7.90. The van der Waals surface area contributed by atoms with Gasteiger partial charge in [0.25, 0.3) is 0 Å². The van der Waals surface area contributed by atoms with Gasteiger partial charge >= 0.3 is 0 Å². The van der Waals surface area contributed by atoms with Crippen LogP contribution in [0, 0.1) is 5.92 Å². The van der Waals surface area contributed by atoms with Crippen LogP contribution in [-0.4, -0.2) is 25.1 Å². The quantitative estimate of drug-likeness (QED) is 0.738. The van der Waals surface area contributed by atoms with Crippen molar-refractivity contribution in [2.45, 2.75) is 59.9 Å². The normalized spacial score (nSPS) is 12.9. The van der Waals surface area contributed by atoms with E-state index < -0.39 is 0 Å². The van der Waals surface area contributed by atoms with Crippen molar-refractivity contribution in [2.24, 2.45) is 5.92 Å². The molecule has 20 heavy (non-hydrogen) atoms. The highest BCUT2D eigenvalue weighted by atomic mass is 32.1. The molecule has 1 aromatic rings. The maximum Gasteiger partial charge on any atom is 0.185 e. The maximum atomic E-state index is 4.90. The van der Waals surface area contributed by atoms with Crippen molar-refractivity contribution in [1.82, 2.24) is 10.3 Å². The Kier molecular flexibility index (Phi) is 7.52. The lowest BCUT2D eigenvalue weighted by Gasteiger charge is -2.13. The number of hydrogen-bond donors (Lipinski definition) is 1. The Morgan fingerprint density at radius 2 is 1.95 bits per heavy atom. The number of thiazole rings is 1. The summed E-state index contributed by atoms with van der Waals surface area (Å²) in [6.45, 7) is 14.3. The topological polar surface area (TPSA) is 28.2 Å². The van der Waals surface area contributed by atoms with Crippen molar-refractivity contribution >= 4 is 16.5 Å². The molecular weight excluding hydrogens is 266 g/mol. The molecule has 1 N–H and O–H groups in total. The number of hydrogen-bond acceptors (Lipinski definition) is 4. The second-order valence-electron chi connectivity index (χ2n) is 6.06. The van der Waals surface area contributed by atoms with Crippen LogP contribution in [0.1, 0.15) is 63.9 Å². The summed E-state index contributed by atoms with van der Waals surface area (Å²) in [4.78, 5) is 8.60. The minimum atomic E-state index is 0.547. The van der Waals surface area contributed by atoms with Gasteiger partial charge in [-0.2, -0.15) is 0 Å². The number of nitrogens with one attached hydrogen (secondary N) is 1. The Morgan fingerprint density at radius 3 is 2.50 bits per heavy atom. The number of anilines is 1. The van der Waals surface area contributed by atoms with E-state index >= 15 is 0 Å². The number of aromatic nitrogens is 1. The summed E-state index contributed by atoms with van der Waals surface area (Å²) in [5.74, 6) is 1.24. The molecule has 0 bridgehead atoms. The first kappa shape index (κ1) is 17.4. The van der Waals surface area contributed by atoms with Gasteiger partial charge in [0.15, 0.2) is 5.13 Å². The predicted octanol–water partition coefficient (Wildman–Crippen LogP) is 4.25. The molecule has 3 nitrogen and oxygen atoms in total. The van der Waals surface area contributed by atoms with Crippen molar-refractivity contribution < 1.29 is 0 Å². The maximum absolute atomic E-state index is 4.90. The van der Waals surface area contributed by atoms with Crippen LogP contribution in [0.15, 0.2) is 0 Å². The van der Waals surface area contributed by atoms with E-state index in [2.05, 4.69) is 51.9 Å². The number of rotatable bonds is 9. The van der Waals surface area contributed by atoms with Gasteiger partial charge in [0.1, 0.15) is 0 Å². The lowest BCUT2D eigenvalue weighted by Crippen LogP contribution is -2.19. The predicted molar refractivity (Wildman–Crippen MR) is 90.9 cm³/mol. The molecule has 0 aliphatic heterocycles. The Balaban J connectivity index is 2.83. The van der Waals surface area contributed by atoms with E-state index in [1.54, 1.807) is 0 Å². The Labute approximate surface area is 128 Å². The summed E-state index contributed by atoms with van der Waals surface area (Å²) in [5.41, 5.74) is 1.30. The summed E-state index contributed by atoms with van der Waals surface area (Å²) < 4.78 is 0. The summed E-state index contributed by atoms with van der Waals surface area (Å²) in [5, 5.41) is 4.73. The van der Waals surface area contributed by atoms with Crippen LogP contribution in [0.25, 0.3) is 0 Å². The first-order chi connectivity index (χ1) is 9.49. The van der Waals surface area contributed by atoms with E-state index in [1.165, 1.54) is 15.7 Å². The van der Waals surface area contributed by atoms with E-state index in [0.29, 0.717) is 11.8 Å². The highest BCUT2D eigenvalue weighted by Crippen LogP contribution is 2.31. The van der Waals surface area contributed by atoms with Crippen molar-refractivity contribution in [1.29, 1.82) is 0 Å². The van der Waals surface area contributed by atoms with Crippen LogP contribution in [-0.2, 0) is 6.54 Å². The molecule has 0 saturated heterocycles. The third-order valence-corrected chi connectivity index (χ3v) is 4.70. The highest BCUT2D eigenvalue weighted by Gasteiger charge is 2.17. The third-order valence-electron chi connectivity index (χ3n) is 3.52. The van der Waals surface area contributed by atoms with Gasteiger partial charge < -0.3 is 10.2 Å². The van der Waals surface area contributed by atoms with Crippen LogP contribution in [0.3, 0.4) is 0 Å². The van der Waals surface area contributed by atoms with Gasteiger partial charge in [0, 0.05) is 25.0 Å². The van der Waals surface area contributed by atoms with Gasteiger partial charge in [0.05, 0.1) is 5.69 Å². The van der Waals surface area contributed by atoms with Crippen LogP contribution >= 0.6 is 11.3 Å². The van der Waals surface area contributed by atoms with Gasteiger partial charge in [-0.3, -0.25) is 0 Å². The van der Waals surface area contributed by atoms with Crippen LogP contribution in [0.5, 0.6) is 0 Å². The van der Waals surface area contributed by atoms with Gasteiger partial charge in [-0.25, -0.2) is 4.98 Å². The van der Waals surface area contributed by atoms with Gasteiger partial charge in [-0.1, -0.05) is 34.6 Å². The zero-order valence-electron chi connectivity index (χ0n) is 14.0. The molecule has 0 fully saturated rings. The molecule has 0 aliphatic rings. The first-order valence-corrected chi connectivity index (χ1v) is 8.72. The fourth-order valence-corrected chi connectivity index (χ4v) is 3.26. The van der Waals surface area contributed by atoms with Crippen molar-refractivity contribution in [3.63, 3.8) is 0 Å². The second-order valence-corrected chi connectivity index (χ2v) is 7.12. The largest absolute Gasteiger partial charge is 0.351 e. The molecule has 1 heterocycles. The standard InChI is InChI=1S/C16H31N3S/c1-7-9-19(6)16-18-15(13(5)8-2)14(20-16)11-17-10-12(3)4/h12-13,17H,7-11H2,1-6H3. The fraction of sp³-hybridized carbons (Fsp3) is 0.812. The SMILES string of the molecule is CCCN(C)c1nc(C(C)CC)c(CNCC(C)C)s1. The Bertz CT molecular complexity index is 387. The van der Waals surface area contributed by atoms with Gasteiger partial charge in [-0.05, 0) is 31.2 Å². The molecule has 0 spiro atoms. The molecule has 1 rings (SSSR count). The molecule has 0 aliphatic carbocycles. The Morgan fingerprint density at radius 1 is 1.25 bits per heavy atom. The van der Waals surface area contributed by atoms with E-state index in [9.17, 15) is 0 Å². The lowest BCUT2D eigenvalue weighted by atomic mass is 10.0. The zero-order chi connectivity index (χ0) is 15.1. The average molecular weight is 298 g/mol. The van der Waals surface area contributed by atoms with Crippen LogP contribution in [0.4, 0.5) is 5.13 Å². The summed E-state index contributed by atoms with van der Waals surface area (Å²) >= 11 is 1.86. The third kappa shape index (κ3) is 5.06. The number of nitrogens with zero attached hydrogens (tertiary/aromatic N) is 2. The van der Waals surface area contributed by atoms with E-state index in [0.717, 1.165) is 32.5 Å². The minimum absolute atomic E-state index is 0.547. The van der Waals surface area contributed by atoms with E-state index in [4.69, 9.17) is 4.98 Å². The summed E-state index contributed by atoms with van der Waals surface area (Å²) in [6, 6.07) is 0. The molecule has 1 aromatic heterocycles. The van der Waals surface area contributed by atoms with Gasteiger partial charge in [0.2, 0.25) is 0 Å². The van der Waals surface area contributed by atoms with Crippen molar-refractivity contribution in [3.05, 3.63) is 10.6 Å². The smallest absolute Gasteiger partial charge is 0.185 e. The molecule has 0 aromatic carbocycles. The highest BCUT2D eigenvalue weighted by molar-refractivity contribution is 7.15. The molecule has 116 valence electrons. The molecular formula is C16H31N3S. The summed E-state index contributed by atoms with van der Waals surface area (Å²) in [7, 11) is 2.15. The van der Waals surface area contributed by atoms with E-state index in [-0.39, 0.29) is 0 Å². The van der Waals surface area contributed by atoms with Crippen LogP contribution in [0.2, 0.25) is 0 Å². The van der Waals surface area contributed by atoms with Gasteiger partial charge in [-0.15, -0.1) is 11.3 Å². The van der Waals surface area contributed by atoms with Crippen molar-refractivity contribution in [2.75, 3.05) is 25.0 Å². The van der Waals surface area contributed by atoms with E-state index in [1.807, 2.05) is 11.3 Å². The zero-order valence-corrected chi connectivity index (χ0v) is 14.8. The molecule has 1 atom stereocenters. The molecule has 4 heteroatoms. The molecule has 0 radical (unpaired) electrons. The van der Waals surface area contributed by atoms with Crippen molar-refractivity contribution in [3.8, 4) is 0 Å². The monoisotopic (exact) mass is 297 g/mol. The second kappa shape index (κ2) is 8.63. The minimum Gasteiger partial charge on any atom is -0.351 e. The molecule has 1 unspecified atom stereocenters. The average Bonchev–Trinajstić information content (AvgIpc) is 2.82. The fourth-order valence-electron chi connectivity index (χ4n) is 2.12. The Hall–Kier alpha value is -0.610.